The smallest absolute Gasteiger partial charge is 0.276 e. The van der Waals surface area contributed by atoms with Crippen LogP contribution >= 0.6 is 34.4 Å². The molecule has 49 heavy (non-hydrogen) atoms. The number of nitrogens with zero attached hydrogens (tertiary/aromatic N) is 7. The maximum atomic E-state index is 13.3. The number of carboxylic acid groups (broad SMARTS) is 1. The fourth-order valence-electron chi connectivity index (χ4n) is 6.16. The van der Waals surface area contributed by atoms with Crippen LogP contribution in [0.2, 0.25) is 0 Å². The quantitative estimate of drug-likeness (QED) is 0.0805. The number of amides is 3. The number of nitrogens with one attached hydrogen (secondary N) is 2. The van der Waals surface area contributed by atoms with E-state index in [-0.39, 0.29) is 34.7 Å². The van der Waals surface area contributed by atoms with E-state index in [2.05, 4.69) is 20.9 Å². The Morgan fingerprint density at radius 1 is 1.18 bits per heavy atom. The molecular weight excluding hydrogens is 693 g/mol. The van der Waals surface area contributed by atoms with Gasteiger partial charge in [-0.15, -0.1) is 43.6 Å². The molecule has 0 saturated carbocycles. The molecule has 2 saturated heterocycles. The van der Waals surface area contributed by atoms with Crippen LogP contribution in [0.25, 0.3) is 5.65 Å². The Hall–Kier alpha value is -4.72. The molecule has 19 heteroatoms. The van der Waals surface area contributed by atoms with Crippen molar-refractivity contribution in [2.45, 2.75) is 43.8 Å². The fraction of sp³-hybridized carbons (Fsp3) is 0.367. The number of piperidine rings is 1. The number of nitrogen functional groups attached to an aromatic ring is 1. The summed E-state index contributed by atoms with van der Waals surface area (Å²) in [6.45, 7) is 2.47. The third-order valence-electron chi connectivity index (χ3n) is 8.49. The van der Waals surface area contributed by atoms with E-state index in [0.29, 0.717) is 23.4 Å². The van der Waals surface area contributed by atoms with Crippen LogP contribution in [-0.2, 0) is 32.3 Å². The number of carbonyl (C=O) groups excluding carboxylic acids is 4. The van der Waals surface area contributed by atoms with Gasteiger partial charge in [-0.25, -0.2) is 9.99 Å². The highest BCUT2D eigenvalue weighted by atomic mass is 32.2. The number of carbonyl (C=O) groups is 4. The van der Waals surface area contributed by atoms with E-state index in [1.165, 1.54) is 41.5 Å². The Balaban J connectivity index is 1.03. The summed E-state index contributed by atoms with van der Waals surface area (Å²) < 4.78 is 5.80. The van der Waals surface area contributed by atoms with E-state index >= 15 is 0 Å². The van der Waals surface area contributed by atoms with Crippen molar-refractivity contribution in [3.8, 4) is 0 Å². The normalized spacial score (nSPS) is 19.9. The molecule has 0 spiro atoms. The predicted octanol–water partition coefficient (Wildman–Crippen LogP) is -0.238. The third kappa shape index (κ3) is 6.41. The van der Waals surface area contributed by atoms with Crippen LogP contribution in [0, 0.1) is 0 Å². The zero-order valence-corrected chi connectivity index (χ0v) is 28.7. The van der Waals surface area contributed by atoms with Crippen molar-refractivity contribution in [3.05, 3.63) is 68.9 Å². The maximum absolute atomic E-state index is 13.3. The molecule has 0 unspecified atom stereocenters. The van der Waals surface area contributed by atoms with E-state index < -0.39 is 29.2 Å². The minimum Gasteiger partial charge on any atom is -0.543 e. The van der Waals surface area contributed by atoms with Gasteiger partial charge in [0.05, 0.1) is 36.0 Å². The Kier molecular flexibility index (Phi) is 9.14. The average Bonchev–Trinajstić information content (AvgIpc) is 3.90. The molecule has 256 valence electrons. The number of imidazole rings is 1. The minimum absolute atomic E-state index is 0.104. The molecule has 0 bridgehead atoms. The molecule has 3 aliphatic heterocycles. The number of β-lactam (4-membered cyclic amide) rings is 1. The number of nitrogens with two attached hydrogens (primary N) is 1. The number of oxime groups is 1. The van der Waals surface area contributed by atoms with E-state index in [4.69, 9.17) is 10.6 Å². The lowest BCUT2D eigenvalue weighted by Crippen LogP contribution is -2.71. The Morgan fingerprint density at radius 2 is 2.00 bits per heavy atom. The first-order valence-corrected chi connectivity index (χ1v) is 18.2. The first-order valence-electron chi connectivity index (χ1n) is 15.4. The van der Waals surface area contributed by atoms with Gasteiger partial charge in [-0.2, -0.15) is 0 Å². The molecule has 4 aromatic rings. The highest BCUT2D eigenvalue weighted by molar-refractivity contribution is 8.00. The third-order valence-corrected chi connectivity index (χ3v) is 11.4. The monoisotopic (exact) mass is 724 g/mol. The van der Waals surface area contributed by atoms with Gasteiger partial charge < -0.3 is 30.4 Å². The predicted molar refractivity (Wildman–Crippen MR) is 179 cm³/mol. The van der Waals surface area contributed by atoms with Crippen molar-refractivity contribution in [1.82, 2.24) is 34.7 Å². The second-order valence-electron chi connectivity index (χ2n) is 11.6. The lowest BCUT2D eigenvalue weighted by atomic mass is 10.0. The van der Waals surface area contributed by atoms with Crippen molar-refractivity contribution < 1.29 is 33.8 Å². The van der Waals surface area contributed by atoms with Gasteiger partial charge in [0.15, 0.2) is 29.2 Å². The fourth-order valence-corrected chi connectivity index (χ4v) is 8.90. The van der Waals surface area contributed by atoms with Crippen molar-refractivity contribution in [3.63, 3.8) is 0 Å². The van der Waals surface area contributed by atoms with Crippen LogP contribution in [0.3, 0.4) is 0 Å². The molecule has 4 aromatic heterocycles. The van der Waals surface area contributed by atoms with E-state index in [9.17, 15) is 24.3 Å². The van der Waals surface area contributed by atoms with Gasteiger partial charge in [0.2, 0.25) is 0 Å². The van der Waals surface area contributed by atoms with Crippen molar-refractivity contribution in [2.75, 3.05) is 31.7 Å². The standard InChI is InChI=1S/C30H32N10O6S3/c1-46-35-22(20-16-49-30(31)32-20)26(42)33-23-27(43)40-24(29(44)45)18(15-48-28(23)40)12-38-8-5-21-36(9-10-39(21)38)13-19-11-17(14-47-19)25(41)34-37-6-3-2-4-7-37/h5,8-11,14,16,23,28H,2-4,6-7,12-13,15H2,1H3,(H4-,31,32,33,34,41,42,44,45)/b35-22-/t23-,28-/m1/s1. The van der Waals surface area contributed by atoms with Crippen LogP contribution in [0.4, 0.5) is 5.13 Å². The van der Waals surface area contributed by atoms with Crippen LogP contribution in [0.5, 0.6) is 0 Å². The van der Waals surface area contributed by atoms with Gasteiger partial charge >= 0.3 is 0 Å². The van der Waals surface area contributed by atoms with Gasteiger partial charge in [-0.1, -0.05) is 11.6 Å². The van der Waals surface area contributed by atoms with Gasteiger partial charge in [0, 0.05) is 46.2 Å². The summed E-state index contributed by atoms with van der Waals surface area (Å²) in [4.78, 5) is 62.6. The molecule has 2 atom stereocenters. The second-order valence-corrected chi connectivity index (χ2v) is 14.6. The van der Waals surface area contributed by atoms with E-state index in [1.54, 1.807) is 5.38 Å². The van der Waals surface area contributed by atoms with Gasteiger partial charge in [-0.05, 0) is 18.9 Å². The number of hydrogen-bond acceptors (Lipinski definition) is 13. The van der Waals surface area contributed by atoms with Gasteiger partial charge in [-0.3, -0.25) is 24.7 Å². The number of thiazole rings is 1. The zero-order valence-electron chi connectivity index (χ0n) is 26.2. The highest BCUT2D eigenvalue weighted by Gasteiger charge is 2.53. The largest absolute Gasteiger partial charge is 0.543 e. The lowest BCUT2D eigenvalue weighted by Gasteiger charge is -2.50. The molecular formula is C30H32N10O6S3. The number of aromatic nitrogens is 4. The van der Waals surface area contributed by atoms with Gasteiger partial charge in [0.1, 0.15) is 24.2 Å². The first-order chi connectivity index (χ1) is 23.7. The Bertz CT molecular complexity index is 2000. The second kappa shape index (κ2) is 13.7. The molecule has 3 aliphatic rings. The number of thiophene rings is 1. The number of hydrazine groups is 1. The maximum Gasteiger partial charge on any atom is 0.276 e. The molecule has 16 nitrogen and oxygen atoms in total. The summed E-state index contributed by atoms with van der Waals surface area (Å²) in [6.07, 6.45) is 8.99. The number of rotatable bonds is 11. The number of hydrogen-bond donors (Lipinski definition) is 3. The molecule has 0 aromatic carbocycles. The number of aliphatic carboxylic acids is 1. The average molecular weight is 725 g/mol. The lowest BCUT2D eigenvalue weighted by molar-refractivity contribution is -0.753. The molecule has 2 fully saturated rings. The summed E-state index contributed by atoms with van der Waals surface area (Å²) in [5, 5.41) is 23.8. The van der Waals surface area contributed by atoms with Crippen molar-refractivity contribution >= 4 is 74.6 Å². The molecule has 0 radical (unpaired) electrons. The number of thioether (sulfide) groups is 1. The topological polar surface area (TPSA) is 196 Å². The number of fused-ring (bicyclic) bond motifs is 2. The van der Waals surface area contributed by atoms with Gasteiger partial charge in [0.25, 0.3) is 17.7 Å². The van der Waals surface area contributed by atoms with Crippen LogP contribution in [0.15, 0.2) is 57.9 Å². The molecule has 7 heterocycles. The Labute approximate surface area is 291 Å². The minimum atomic E-state index is -1.47. The first kappa shape index (κ1) is 32.8. The van der Waals surface area contributed by atoms with Crippen LogP contribution in [0.1, 0.15) is 40.2 Å². The summed E-state index contributed by atoms with van der Waals surface area (Å²) in [5.74, 6) is -2.56. The van der Waals surface area contributed by atoms with E-state index in [0.717, 1.165) is 47.8 Å². The summed E-state index contributed by atoms with van der Waals surface area (Å²) in [7, 11) is 1.28. The number of anilines is 1. The zero-order chi connectivity index (χ0) is 34.2. The summed E-state index contributed by atoms with van der Waals surface area (Å²) in [6, 6.07) is 2.84. The van der Waals surface area contributed by atoms with Crippen molar-refractivity contribution in [1.29, 1.82) is 0 Å². The summed E-state index contributed by atoms with van der Waals surface area (Å²) >= 11 is 3.98. The van der Waals surface area contributed by atoms with E-state index in [1.807, 2.05) is 54.9 Å². The summed E-state index contributed by atoms with van der Waals surface area (Å²) in [5.41, 5.74) is 10.5. The molecule has 4 N–H and O–H groups in total. The molecule has 7 rings (SSSR count). The molecule has 0 aliphatic carbocycles. The van der Waals surface area contributed by atoms with Crippen molar-refractivity contribution in [2.24, 2.45) is 5.16 Å². The Morgan fingerprint density at radius 3 is 2.73 bits per heavy atom. The SMILES string of the molecule is CO/N=C(\C(=O)N[C@@H]1C(=O)N2C(C(=O)[O-])=C(C[n+]3ccc4n(Cc5cc(C(=O)NN6CCCCC6)cs5)ccn43)CS[C@H]12)c1csc(N)n1. The highest BCUT2D eigenvalue weighted by Crippen LogP contribution is 2.40. The van der Waals surface area contributed by atoms with Crippen LogP contribution < -0.4 is 26.3 Å². The molecule has 3 amide bonds. The van der Waals surface area contributed by atoms with Crippen LogP contribution in [-0.4, -0.2) is 90.7 Å². The number of carboxylic acids is 1.